The molecule has 5 rings (SSSR count). The number of rotatable bonds is 9. The van der Waals surface area contributed by atoms with E-state index in [-0.39, 0.29) is 6.61 Å². The Hall–Kier alpha value is -3.78. The second-order valence-corrected chi connectivity index (χ2v) is 11.2. The van der Waals surface area contributed by atoms with Gasteiger partial charge >= 0.3 is 5.97 Å². The molecule has 4 aromatic rings. The van der Waals surface area contributed by atoms with Crippen molar-refractivity contribution in [3.63, 3.8) is 0 Å². The van der Waals surface area contributed by atoms with Crippen molar-refractivity contribution in [3.05, 3.63) is 84.1 Å². The summed E-state index contributed by atoms with van der Waals surface area (Å²) in [6, 6.07) is 23.3. The summed E-state index contributed by atoms with van der Waals surface area (Å²) < 4.78 is 34.6. The van der Waals surface area contributed by atoms with E-state index in [1.165, 1.54) is 23.6 Å². The number of carbonyl (C=O) groups is 1. The highest BCUT2D eigenvalue weighted by molar-refractivity contribution is 7.74. The van der Waals surface area contributed by atoms with Crippen LogP contribution in [-0.2, 0) is 15.6 Å². The van der Waals surface area contributed by atoms with Crippen LogP contribution in [0.25, 0.3) is 16.6 Å². The summed E-state index contributed by atoms with van der Waals surface area (Å²) in [5.74, 6) is -0.424. The van der Waals surface area contributed by atoms with Gasteiger partial charge < -0.3 is 14.2 Å². The highest BCUT2D eigenvalue weighted by Gasteiger charge is 2.27. The Labute approximate surface area is 238 Å². The van der Waals surface area contributed by atoms with Crippen molar-refractivity contribution in [2.75, 3.05) is 22.4 Å². The number of anilines is 3. The summed E-state index contributed by atoms with van der Waals surface area (Å²) in [4.78, 5) is 15.4. The first-order chi connectivity index (χ1) is 19.4. The van der Waals surface area contributed by atoms with E-state index < -0.39 is 16.9 Å². The van der Waals surface area contributed by atoms with Gasteiger partial charge in [-0.1, -0.05) is 55.2 Å². The van der Waals surface area contributed by atoms with Crippen LogP contribution >= 0.6 is 0 Å². The number of aryl methyl sites for hydroxylation is 1. The SMILES string of the molecule is CCOC(=O)c1cc2ccccc2n1-c1ccc(N(CC)C2CCCCC2)c(N(c2ccc(C)cc2)[SH](=O)=O)c1. The van der Waals surface area contributed by atoms with Gasteiger partial charge in [0.2, 0.25) is 10.9 Å². The van der Waals surface area contributed by atoms with Crippen LogP contribution in [0.5, 0.6) is 0 Å². The van der Waals surface area contributed by atoms with Gasteiger partial charge in [0, 0.05) is 23.7 Å². The normalized spacial score (nSPS) is 14.0. The van der Waals surface area contributed by atoms with E-state index >= 15 is 0 Å². The number of hydrogen-bond acceptors (Lipinski definition) is 5. The topological polar surface area (TPSA) is 71.8 Å². The monoisotopic (exact) mass is 559 g/mol. The molecule has 0 radical (unpaired) electrons. The number of fused-ring (bicyclic) bond motifs is 1. The zero-order valence-corrected chi connectivity index (χ0v) is 24.3. The molecule has 0 amide bonds. The minimum absolute atomic E-state index is 0.259. The summed E-state index contributed by atoms with van der Waals surface area (Å²) in [5, 5.41) is 0.902. The maximum absolute atomic E-state index is 13.1. The second-order valence-electron chi connectivity index (χ2n) is 10.3. The average Bonchev–Trinajstić information content (AvgIpc) is 3.36. The van der Waals surface area contributed by atoms with Crippen molar-refractivity contribution in [2.24, 2.45) is 0 Å². The third-order valence-corrected chi connectivity index (χ3v) is 8.52. The van der Waals surface area contributed by atoms with E-state index in [1.807, 2.05) is 84.3 Å². The number of nitrogens with zero attached hydrogens (tertiary/aromatic N) is 3. The number of para-hydroxylation sites is 1. The van der Waals surface area contributed by atoms with Crippen LogP contribution in [0.1, 0.15) is 62.0 Å². The zero-order valence-electron chi connectivity index (χ0n) is 23.4. The standard InChI is InChI=1S/C32H37N3O4S/c1-4-33(25-12-7-6-8-13-25)29-20-19-27(22-30(29)35(40(37)38)26-17-15-23(3)16-18-26)34-28-14-10-9-11-24(28)21-31(34)32(36)39-5-2/h9-11,14-22,25,40H,4-8,12-13H2,1-3H3. The van der Waals surface area contributed by atoms with Crippen molar-refractivity contribution < 1.29 is 17.9 Å². The molecule has 0 spiro atoms. The van der Waals surface area contributed by atoms with E-state index in [2.05, 4.69) is 11.8 Å². The lowest BCUT2D eigenvalue weighted by Crippen LogP contribution is -2.37. The van der Waals surface area contributed by atoms with Crippen LogP contribution in [0.3, 0.4) is 0 Å². The van der Waals surface area contributed by atoms with Gasteiger partial charge in [0.05, 0.1) is 29.2 Å². The molecule has 1 saturated carbocycles. The van der Waals surface area contributed by atoms with Crippen molar-refractivity contribution >= 4 is 44.8 Å². The van der Waals surface area contributed by atoms with E-state index in [4.69, 9.17) is 4.74 Å². The van der Waals surface area contributed by atoms with Gasteiger partial charge in [0.15, 0.2) is 0 Å². The van der Waals surface area contributed by atoms with Crippen LogP contribution in [0.4, 0.5) is 17.1 Å². The quantitative estimate of drug-likeness (QED) is 0.178. The maximum atomic E-state index is 13.1. The molecule has 0 unspecified atom stereocenters. The average molecular weight is 560 g/mol. The predicted molar refractivity (Wildman–Crippen MR) is 163 cm³/mol. The lowest BCUT2D eigenvalue weighted by Gasteiger charge is -2.37. The highest BCUT2D eigenvalue weighted by atomic mass is 32.2. The number of esters is 1. The Morgan fingerprint density at radius 1 is 0.925 bits per heavy atom. The van der Waals surface area contributed by atoms with E-state index in [1.54, 1.807) is 6.92 Å². The van der Waals surface area contributed by atoms with Gasteiger partial charge in [-0.2, -0.15) is 0 Å². The Kier molecular flexibility index (Phi) is 8.45. The molecule has 1 heterocycles. The lowest BCUT2D eigenvalue weighted by molar-refractivity contribution is 0.0517. The largest absolute Gasteiger partial charge is 0.461 e. The van der Waals surface area contributed by atoms with Gasteiger partial charge in [-0.3, -0.25) is 0 Å². The Morgan fingerprint density at radius 3 is 2.33 bits per heavy atom. The van der Waals surface area contributed by atoms with Crippen molar-refractivity contribution in [1.82, 2.24) is 4.57 Å². The molecule has 1 fully saturated rings. The van der Waals surface area contributed by atoms with Gasteiger partial charge in [-0.25, -0.2) is 17.5 Å². The summed E-state index contributed by atoms with van der Waals surface area (Å²) in [6.45, 7) is 6.90. The summed E-state index contributed by atoms with van der Waals surface area (Å²) in [5.41, 5.74) is 4.99. The van der Waals surface area contributed by atoms with E-state index in [9.17, 15) is 13.2 Å². The Balaban J connectivity index is 1.75. The summed E-state index contributed by atoms with van der Waals surface area (Å²) >= 11 is 0. The first-order valence-electron chi connectivity index (χ1n) is 14.1. The molecule has 40 heavy (non-hydrogen) atoms. The Bertz CT molecular complexity index is 1560. The van der Waals surface area contributed by atoms with Crippen LogP contribution in [0.15, 0.2) is 72.8 Å². The molecule has 1 aliphatic rings. The molecule has 1 aromatic heterocycles. The molecule has 3 aromatic carbocycles. The fourth-order valence-electron chi connectivity index (χ4n) is 5.88. The smallest absolute Gasteiger partial charge is 0.355 e. The fraction of sp³-hybridized carbons (Fsp3) is 0.344. The third kappa shape index (κ3) is 5.45. The summed E-state index contributed by atoms with van der Waals surface area (Å²) in [6.07, 6.45) is 5.74. The lowest BCUT2D eigenvalue weighted by atomic mass is 9.93. The first-order valence-corrected chi connectivity index (χ1v) is 15.3. The van der Waals surface area contributed by atoms with E-state index in [0.29, 0.717) is 28.8 Å². The molecular weight excluding hydrogens is 522 g/mol. The van der Waals surface area contributed by atoms with Crippen LogP contribution < -0.4 is 9.21 Å². The minimum Gasteiger partial charge on any atom is -0.461 e. The van der Waals surface area contributed by atoms with Crippen LogP contribution in [0.2, 0.25) is 0 Å². The third-order valence-electron chi connectivity index (χ3n) is 7.75. The van der Waals surface area contributed by atoms with Crippen LogP contribution in [-0.4, -0.2) is 38.1 Å². The highest BCUT2D eigenvalue weighted by Crippen LogP contribution is 2.40. The minimum atomic E-state index is -3.01. The number of carbonyl (C=O) groups excluding carboxylic acids is 1. The number of aromatic nitrogens is 1. The van der Waals surface area contributed by atoms with Gasteiger partial charge in [0.1, 0.15) is 5.69 Å². The molecule has 0 N–H and O–H groups in total. The molecule has 210 valence electrons. The number of ether oxygens (including phenoxy) is 1. The Morgan fingerprint density at radius 2 is 1.65 bits per heavy atom. The van der Waals surface area contributed by atoms with Crippen molar-refractivity contribution in [2.45, 2.75) is 58.9 Å². The molecule has 0 bridgehead atoms. The molecule has 0 atom stereocenters. The molecule has 0 aliphatic heterocycles. The molecule has 8 heteroatoms. The fourth-order valence-corrected chi connectivity index (χ4v) is 6.53. The first kappa shape index (κ1) is 27.8. The molecule has 0 saturated heterocycles. The van der Waals surface area contributed by atoms with E-state index in [0.717, 1.165) is 41.5 Å². The van der Waals surface area contributed by atoms with Gasteiger partial charge in [-0.15, -0.1) is 0 Å². The second kappa shape index (κ2) is 12.2. The predicted octanol–water partition coefficient (Wildman–Crippen LogP) is 6.94. The van der Waals surface area contributed by atoms with Gasteiger partial charge in [-0.05, 0) is 76.1 Å². The molecule has 1 aliphatic carbocycles. The van der Waals surface area contributed by atoms with Crippen molar-refractivity contribution in [1.29, 1.82) is 0 Å². The summed E-state index contributed by atoms with van der Waals surface area (Å²) in [7, 11) is -3.01. The number of hydrogen-bond donors (Lipinski definition) is 1. The number of benzene rings is 3. The maximum Gasteiger partial charge on any atom is 0.355 e. The van der Waals surface area contributed by atoms with Crippen LogP contribution in [0, 0.1) is 6.92 Å². The number of thiol groups is 1. The zero-order chi connectivity index (χ0) is 28.2. The van der Waals surface area contributed by atoms with Gasteiger partial charge in [0.25, 0.3) is 0 Å². The molecule has 7 nitrogen and oxygen atoms in total. The molecular formula is C32H37N3O4S. The van der Waals surface area contributed by atoms with Crippen molar-refractivity contribution in [3.8, 4) is 5.69 Å².